The molecule has 1 aliphatic heterocycles. The minimum atomic E-state index is -0.802. The molecule has 0 spiro atoms. The monoisotopic (exact) mass is 423 g/mol. The van der Waals surface area contributed by atoms with E-state index in [1.54, 1.807) is 14.0 Å². The van der Waals surface area contributed by atoms with Crippen molar-refractivity contribution in [3.05, 3.63) is 53.9 Å². The molecule has 1 atom stereocenters. The fourth-order valence-corrected chi connectivity index (χ4v) is 3.97. The molecule has 0 saturated heterocycles. The summed E-state index contributed by atoms with van der Waals surface area (Å²) < 4.78 is 2.14. The molecular formula is C24H33N5O2. The first kappa shape index (κ1) is 22.7. The number of imidazole rings is 1. The Bertz CT molecular complexity index is 972. The van der Waals surface area contributed by atoms with E-state index in [1.165, 1.54) is 0 Å². The van der Waals surface area contributed by atoms with E-state index in [4.69, 9.17) is 4.98 Å². The van der Waals surface area contributed by atoms with Crippen molar-refractivity contribution in [1.82, 2.24) is 25.1 Å². The molecule has 3 rings (SSSR count). The Morgan fingerprint density at radius 1 is 1.19 bits per heavy atom. The number of amides is 2. The minimum absolute atomic E-state index is 0.150. The standard InChI is InChI=1S/C24H33N5O2/c1-16(2)19(22(30)25-6)27-23(31)20-18-14-28(15-24(3,4)5)12-13-29(18)21(26-20)17-10-8-7-9-11-17/h7-11,19H,1,12-15H2,2-6H3,(H,25,30)(H,27,31)/t19-/m0/s1. The lowest BCUT2D eigenvalue weighted by molar-refractivity contribution is -0.121. The summed E-state index contributed by atoms with van der Waals surface area (Å²) in [7, 11) is 1.54. The molecule has 2 heterocycles. The largest absolute Gasteiger partial charge is 0.357 e. The third kappa shape index (κ3) is 5.22. The van der Waals surface area contributed by atoms with Gasteiger partial charge >= 0.3 is 0 Å². The number of carbonyl (C=O) groups excluding carboxylic acids is 2. The Morgan fingerprint density at radius 3 is 2.45 bits per heavy atom. The number of nitrogens with one attached hydrogen (secondary N) is 2. The lowest BCUT2D eigenvalue weighted by Crippen LogP contribution is -2.47. The number of likely N-dealkylation sites (N-methyl/N-ethyl adjacent to an activating group) is 1. The van der Waals surface area contributed by atoms with Crippen LogP contribution in [0.5, 0.6) is 0 Å². The number of hydrogen-bond donors (Lipinski definition) is 2. The molecular weight excluding hydrogens is 390 g/mol. The summed E-state index contributed by atoms with van der Waals surface area (Å²) >= 11 is 0. The van der Waals surface area contributed by atoms with E-state index in [2.05, 4.69) is 47.5 Å². The summed E-state index contributed by atoms with van der Waals surface area (Å²) in [5.74, 6) is 0.120. The minimum Gasteiger partial charge on any atom is -0.357 e. The van der Waals surface area contributed by atoms with Crippen molar-refractivity contribution in [1.29, 1.82) is 0 Å². The number of nitrogens with zero attached hydrogens (tertiary/aromatic N) is 3. The van der Waals surface area contributed by atoms with Crippen molar-refractivity contribution in [2.75, 3.05) is 20.1 Å². The maximum absolute atomic E-state index is 13.3. The first-order chi connectivity index (χ1) is 14.6. The fraction of sp³-hybridized carbons (Fsp3) is 0.458. The van der Waals surface area contributed by atoms with Crippen LogP contribution in [0.4, 0.5) is 0 Å². The van der Waals surface area contributed by atoms with E-state index in [0.717, 1.165) is 36.7 Å². The highest BCUT2D eigenvalue weighted by Crippen LogP contribution is 2.28. The Labute approximate surface area is 184 Å². The Morgan fingerprint density at radius 2 is 1.87 bits per heavy atom. The van der Waals surface area contributed by atoms with Gasteiger partial charge in [-0.2, -0.15) is 0 Å². The molecule has 1 aromatic carbocycles. The van der Waals surface area contributed by atoms with Gasteiger partial charge in [-0.05, 0) is 17.9 Å². The molecule has 0 saturated carbocycles. The summed E-state index contributed by atoms with van der Waals surface area (Å²) in [6, 6.07) is 9.09. The second-order valence-electron chi connectivity index (χ2n) is 9.39. The van der Waals surface area contributed by atoms with Crippen molar-refractivity contribution >= 4 is 11.8 Å². The third-order valence-electron chi connectivity index (χ3n) is 5.31. The van der Waals surface area contributed by atoms with Crippen LogP contribution in [0, 0.1) is 5.41 Å². The molecule has 0 fully saturated rings. The lowest BCUT2D eigenvalue weighted by atomic mass is 9.95. The van der Waals surface area contributed by atoms with Gasteiger partial charge in [-0.1, -0.05) is 57.7 Å². The van der Waals surface area contributed by atoms with Crippen LogP contribution in [0.2, 0.25) is 0 Å². The average Bonchev–Trinajstić information content (AvgIpc) is 3.09. The predicted octanol–water partition coefficient (Wildman–Crippen LogP) is 2.83. The van der Waals surface area contributed by atoms with Gasteiger partial charge in [0, 0.05) is 38.8 Å². The Kier molecular flexibility index (Phi) is 6.65. The number of hydrogen-bond acceptors (Lipinski definition) is 4. The van der Waals surface area contributed by atoms with Crippen molar-refractivity contribution < 1.29 is 9.59 Å². The molecule has 0 unspecified atom stereocenters. The molecule has 1 aliphatic rings. The zero-order valence-electron chi connectivity index (χ0n) is 19.2. The van der Waals surface area contributed by atoms with E-state index in [1.807, 2.05) is 30.3 Å². The Hall–Kier alpha value is -2.93. The highest BCUT2D eigenvalue weighted by molar-refractivity contribution is 5.98. The van der Waals surface area contributed by atoms with Gasteiger partial charge in [0.15, 0.2) is 5.69 Å². The van der Waals surface area contributed by atoms with E-state index in [9.17, 15) is 9.59 Å². The maximum atomic E-state index is 13.3. The van der Waals surface area contributed by atoms with Gasteiger partial charge in [0.2, 0.25) is 5.91 Å². The number of carbonyl (C=O) groups is 2. The van der Waals surface area contributed by atoms with Crippen LogP contribution >= 0.6 is 0 Å². The van der Waals surface area contributed by atoms with Gasteiger partial charge < -0.3 is 15.2 Å². The first-order valence-corrected chi connectivity index (χ1v) is 10.7. The molecule has 7 nitrogen and oxygen atoms in total. The van der Waals surface area contributed by atoms with Crippen molar-refractivity contribution in [2.45, 2.75) is 46.8 Å². The lowest BCUT2D eigenvalue weighted by Gasteiger charge is -2.34. The predicted molar refractivity (Wildman–Crippen MR) is 123 cm³/mol. The van der Waals surface area contributed by atoms with Gasteiger partial charge in [0.25, 0.3) is 5.91 Å². The van der Waals surface area contributed by atoms with E-state index < -0.39 is 6.04 Å². The maximum Gasteiger partial charge on any atom is 0.272 e. The number of benzene rings is 1. The molecule has 166 valence electrons. The number of rotatable bonds is 6. The third-order valence-corrected chi connectivity index (χ3v) is 5.31. The van der Waals surface area contributed by atoms with Gasteiger partial charge in [-0.3, -0.25) is 14.5 Å². The summed E-state index contributed by atoms with van der Waals surface area (Å²) in [5, 5.41) is 5.40. The van der Waals surface area contributed by atoms with Gasteiger partial charge in [0.05, 0.1) is 5.69 Å². The highest BCUT2D eigenvalue weighted by Gasteiger charge is 2.31. The molecule has 0 bridgehead atoms. The van der Waals surface area contributed by atoms with Gasteiger partial charge in [-0.15, -0.1) is 0 Å². The van der Waals surface area contributed by atoms with Crippen molar-refractivity contribution in [2.24, 2.45) is 5.41 Å². The molecule has 2 aromatic rings. The molecule has 31 heavy (non-hydrogen) atoms. The highest BCUT2D eigenvalue weighted by atomic mass is 16.2. The van der Waals surface area contributed by atoms with E-state index in [-0.39, 0.29) is 17.2 Å². The van der Waals surface area contributed by atoms with E-state index in [0.29, 0.717) is 17.8 Å². The van der Waals surface area contributed by atoms with Crippen LogP contribution in [0.3, 0.4) is 0 Å². The molecule has 0 radical (unpaired) electrons. The van der Waals surface area contributed by atoms with Crippen LogP contribution in [0.15, 0.2) is 42.5 Å². The van der Waals surface area contributed by atoms with Crippen LogP contribution in [0.25, 0.3) is 11.4 Å². The molecule has 2 N–H and O–H groups in total. The first-order valence-electron chi connectivity index (χ1n) is 10.7. The number of fused-ring (bicyclic) bond motifs is 1. The van der Waals surface area contributed by atoms with Crippen LogP contribution in [-0.2, 0) is 17.9 Å². The fourth-order valence-electron chi connectivity index (χ4n) is 3.97. The van der Waals surface area contributed by atoms with Crippen LogP contribution in [0.1, 0.15) is 43.9 Å². The van der Waals surface area contributed by atoms with Crippen LogP contribution in [-0.4, -0.2) is 52.4 Å². The second-order valence-corrected chi connectivity index (χ2v) is 9.39. The average molecular weight is 424 g/mol. The second kappa shape index (κ2) is 9.06. The summed E-state index contributed by atoms with van der Waals surface area (Å²) in [6.07, 6.45) is 0. The zero-order valence-corrected chi connectivity index (χ0v) is 19.2. The molecule has 1 aromatic heterocycles. The summed E-state index contributed by atoms with van der Waals surface area (Å²) in [5.41, 5.74) is 2.93. The summed E-state index contributed by atoms with van der Waals surface area (Å²) in [6.45, 7) is 15.4. The topological polar surface area (TPSA) is 79.3 Å². The summed E-state index contributed by atoms with van der Waals surface area (Å²) in [4.78, 5) is 32.6. The molecule has 0 aliphatic carbocycles. The van der Waals surface area contributed by atoms with Crippen molar-refractivity contribution in [3.63, 3.8) is 0 Å². The number of aromatic nitrogens is 2. The Balaban J connectivity index is 1.99. The normalized spacial score (nSPS) is 15.1. The quantitative estimate of drug-likeness (QED) is 0.701. The molecule has 2 amide bonds. The smallest absolute Gasteiger partial charge is 0.272 e. The molecule has 7 heteroatoms. The van der Waals surface area contributed by atoms with Crippen LogP contribution < -0.4 is 10.6 Å². The zero-order chi connectivity index (χ0) is 22.8. The van der Waals surface area contributed by atoms with Gasteiger partial charge in [-0.25, -0.2) is 4.98 Å². The van der Waals surface area contributed by atoms with Crippen molar-refractivity contribution in [3.8, 4) is 11.4 Å². The van der Waals surface area contributed by atoms with E-state index >= 15 is 0 Å². The van der Waals surface area contributed by atoms with Gasteiger partial charge in [0.1, 0.15) is 11.9 Å². The SMILES string of the molecule is C=C(C)[C@H](NC(=O)c1nc(-c2ccccc2)n2c1CN(CC(C)(C)C)CC2)C(=O)NC.